The highest BCUT2D eigenvalue weighted by atomic mass is 79.9. The first-order valence-corrected chi connectivity index (χ1v) is 5.69. The second-order valence-electron chi connectivity index (χ2n) is 3.69. The Morgan fingerprint density at radius 1 is 1.53 bits per heavy atom. The van der Waals surface area contributed by atoms with Crippen LogP contribution < -0.4 is 0 Å². The van der Waals surface area contributed by atoms with Crippen LogP contribution in [0.3, 0.4) is 0 Å². The van der Waals surface area contributed by atoms with E-state index in [0.717, 1.165) is 16.5 Å². The van der Waals surface area contributed by atoms with Gasteiger partial charge in [0, 0.05) is 23.6 Å². The molecule has 2 rings (SSSR count). The number of halogens is 2. The minimum absolute atomic E-state index is 0.0723. The smallest absolute Gasteiger partial charge is 0.123 e. The maximum Gasteiger partial charge on any atom is 0.123 e. The van der Waals surface area contributed by atoms with Gasteiger partial charge in [-0.1, -0.05) is 15.9 Å². The fourth-order valence-corrected chi connectivity index (χ4v) is 2.37. The molecule has 1 aromatic rings. The van der Waals surface area contributed by atoms with E-state index in [1.165, 1.54) is 12.1 Å². The number of hydrogen-bond acceptors (Lipinski definition) is 2. The lowest BCUT2D eigenvalue weighted by atomic mass is 9.96. The normalized spacial score (nSPS) is 25.8. The predicted molar refractivity (Wildman–Crippen MR) is 58.0 cm³/mol. The minimum atomic E-state index is -0.277. The molecule has 1 aromatic carbocycles. The molecule has 1 aliphatic heterocycles. The fraction of sp³-hybridized carbons (Fsp3) is 0.455. The molecule has 1 saturated heterocycles. The van der Waals surface area contributed by atoms with Gasteiger partial charge in [-0.2, -0.15) is 0 Å². The molecule has 2 nitrogen and oxygen atoms in total. The number of benzene rings is 1. The second-order valence-corrected chi connectivity index (χ2v) is 4.54. The van der Waals surface area contributed by atoms with Crippen molar-refractivity contribution in [2.45, 2.75) is 12.5 Å². The molecule has 0 aromatic heterocycles. The van der Waals surface area contributed by atoms with Gasteiger partial charge in [0.15, 0.2) is 0 Å². The van der Waals surface area contributed by atoms with E-state index in [9.17, 15) is 4.39 Å². The summed E-state index contributed by atoms with van der Waals surface area (Å²) in [6.45, 7) is 0.701. The van der Waals surface area contributed by atoms with Crippen LogP contribution in [0.1, 0.15) is 18.1 Å². The summed E-state index contributed by atoms with van der Waals surface area (Å²) < 4.78 is 19.4. The quantitative estimate of drug-likeness (QED) is 0.899. The van der Waals surface area contributed by atoms with Gasteiger partial charge in [-0.05, 0) is 30.2 Å². The molecule has 1 N–H and O–H groups in total. The Balaban J connectivity index is 2.31. The molecule has 2 unspecified atom stereocenters. The highest BCUT2D eigenvalue weighted by molar-refractivity contribution is 9.10. The van der Waals surface area contributed by atoms with Crippen molar-refractivity contribution in [1.82, 2.24) is 0 Å². The van der Waals surface area contributed by atoms with Crippen molar-refractivity contribution >= 4 is 15.9 Å². The molecule has 0 radical (unpaired) electrons. The van der Waals surface area contributed by atoms with Crippen molar-refractivity contribution in [3.63, 3.8) is 0 Å². The maximum atomic E-state index is 13.1. The van der Waals surface area contributed by atoms with Crippen LogP contribution >= 0.6 is 15.9 Å². The molecule has 1 heterocycles. The molecule has 1 fully saturated rings. The number of aliphatic hydroxyl groups is 1. The summed E-state index contributed by atoms with van der Waals surface area (Å²) in [6.07, 6.45) is 0.629. The second kappa shape index (κ2) is 4.60. The average Bonchev–Trinajstić information content (AvgIpc) is 2.69. The van der Waals surface area contributed by atoms with Gasteiger partial charge < -0.3 is 9.84 Å². The van der Waals surface area contributed by atoms with Crippen LogP contribution in [0.5, 0.6) is 0 Å². The molecule has 1 aliphatic rings. The molecule has 0 amide bonds. The Morgan fingerprint density at radius 2 is 2.33 bits per heavy atom. The maximum absolute atomic E-state index is 13.1. The van der Waals surface area contributed by atoms with Crippen molar-refractivity contribution < 1.29 is 14.2 Å². The molecule has 0 bridgehead atoms. The summed E-state index contributed by atoms with van der Waals surface area (Å²) in [7, 11) is 0. The van der Waals surface area contributed by atoms with Crippen LogP contribution in [0.25, 0.3) is 0 Å². The van der Waals surface area contributed by atoms with Crippen LogP contribution in [0.2, 0.25) is 0 Å². The van der Waals surface area contributed by atoms with Gasteiger partial charge in [-0.15, -0.1) is 0 Å². The lowest BCUT2D eigenvalue weighted by Crippen LogP contribution is -2.12. The number of hydrogen-bond donors (Lipinski definition) is 1. The third-order valence-electron chi connectivity index (χ3n) is 2.71. The van der Waals surface area contributed by atoms with Crippen molar-refractivity contribution in [2.24, 2.45) is 5.92 Å². The van der Waals surface area contributed by atoms with Crippen molar-refractivity contribution in [2.75, 3.05) is 13.2 Å². The Labute approximate surface area is 96.2 Å². The molecule has 82 valence electrons. The van der Waals surface area contributed by atoms with Gasteiger partial charge >= 0.3 is 0 Å². The molecule has 4 heteroatoms. The van der Waals surface area contributed by atoms with Crippen LogP contribution in [-0.2, 0) is 4.74 Å². The average molecular weight is 275 g/mol. The third kappa shape index (κ3) is 2.22. The first-order valence-electron chi connectivity index (χ1n) is 4.90. The van der Waals surface area contributed by atoms with Gasteiger partial charge in [-0.3, -0.25) is 0 Å². The van der Waals surface area contributed by atoms with E-state index in [-0.39, 0.29) is 24.4 Å². The van der Waals surface area contributed by atoms with E-state index in [4.69, 9.17) is 9.84 Å². The van der Waals surface area contributed by atoms with Crippen molar-refractivity contribution in [3.05, 3.63) is 34.1 Å². The molecule has 0 aliphatic carbocycles. The Bertz CT molecular complexity index is 356. The number of rotatable bonds is 2. The summed E-state index contributed by atoms with van der Waals surface area (Å²) in [5, 5.41) is 9.17. The monoisotopic (exact) mass is 274 g/mol. The molecule has 0 saturated carbocycles. The first kappa shape index (κ1) is 11.0. The molecule has 15 heavy (non-hydrogen) atoms. The number of ether oxygens (including phenoxy) is 1. The van der Waals surface area contributed by atoms with E-state index in [2.05, 4.69) is 15.9 Å². The van der Waals surface area contributed by atoms with Gasteiger partial charge in [0.05, 0.1) is 6.10 Å². The van der Waals surface area contributed by atoms with Crippen LogP contribution in [-0.4, -0.2) is 18.3 Å². The Morgan fingerprint density at radius 3 is 3.07 bits per heavy atom. The lowest BCUT2D eigenvalue weighted by molar-refractivity contribution is 0.0713. The summed E-state index contributed by atoms with van der Waals surface area (Å²) in [5.41, 5.74) is 0.784. The Kier molecular flexibility index (Phi) is 3.38. The zero-order valence-electron chi connectivity index (χ0n) is 8.12. The third-order valence-corrected chi connectivity index (χ3v) is 3.44. The SMILES string of the molecule is OCC1CCOC1c1cc(F)ccc1Br. The zero-order chi connectivity index (χ0) is 10.8. The highest BCUT2D eigenvalue weighted by Crippen LogP contribution is 2.37. The topological polar surface area (TPSA) is 29.5 Å². The fourth-order valence-electron chi connectivity index (χ4n) is 1.90. The summed E-state index contributed by atoms with van der Waals surface area (Å²) in [4.78, 5) is 0. The van der Waals surface area contributed by atoms with Crippen molar-refractivity contribution in [1.29, 1.82) is 0 Å². The van der Waals surface area contributed by atoms with E-state index in [1.54, 1.807) is 6.07 Å². The van der Waals surface area contributed by atoms with E-state index in [0.29, 0.717) is 6.61 Å². The van der Waals surface area contributed by atoms with E-state index >= 15 is 0 Å². The molecule has 0 spiro atoms. The van der Waals surface area contributed by atoms with Crippen molar-refractivity contribution in [3.8, 4) is 0 Å². The summed E-state index contributed by atoms with van der Waals surface area (Å²) in [6, 6.07) is 4.53. The molecular formula is C11H12BrFO2. The van der Waals surface area contributed by atoms with Crippen LogP contribution in [0, 0.1) is 11.7 Å². The van der Waals surface area contributed by atoms with E-state index < -0.39 is 0 Å². The first-order chi connectivity index (χ1) is 7.22. The van der Waals surface area contributed by atoms with Gasteiger partial charge in [0.2, 0.25) is 0 Å². The van der Waals surface area contributed by atoms with Crippen LogP contribution in [0.15, 0.2) is 22.7 Å². The summed E-state index contributed by atoms with van der Waals surface area (Å²) >= 11 is 3.37. The van der Waals surface area contributed by atoms with Gasteiger partial charge in [-0.25, -0.2) is 4.39 Å². The largest absolute Gasteiger partial charge is 0.396 e. The lowest BCUT2D eigenvalue weighted by Gasteiger charge is -2.18. The number of aliphatic hydroxyl groups excluding tert-OH is 1. The van der Waals surface area contributed by atoms with E-state index in [1.807, 2.05) is 0 Å². The van der Waals surface area contributed by atoms with Crippen LogP contribution in [0.4, 0.5) is 4.39 Å². The highest BCUT2D eigenvalue weighted by Gasteiger charge is 2.30. The zero-order valence-corrected chi connectivity index (χ0v) is 9.71. The van der Waals surface area contributed by atoms with Gasteiger partial charge in [0.25, 0.3) is 0 Å². The molecular weight excluding hydrogens is 263 g/mol. The predicted octanol–water partition coefficient (Wildman–Crippen LogP) is 2.66. The minimum Gasteiger partial charge on any atom is -0.396 e. The summed E-state index contributed by atoms with van der Waals surface area (Å²) in [5.74, 6) is -0.205. The molecule has 2 atom stereocenters. The standard InChI is InChI=1S/C11H12BrFO2/c12-10-2-1-8(13)5-9(10)11-7(6-14)3-4-15-11/h1-2,5,7,11,14H,3-4,6H2. The van der Waals surface area contributed by atoms with Gasteiger partial charge in [0.1, 0.15) is 5.82 Å². The Hall–Kier alpha value is -0.450.